The van der Waals surface area contributed by atoms with Crippen LogP contribution < -0.4 is 4.74 Å². The number of aldehydes is 1. The second kappa shape index (κ2) is 8.75. The minimum absolute atomic E-state index is 0.00800. The molecule has 0 saturated heterocycles. The smallest absolute Gasteiger partial charge is 0.130 e. The third kappa shape index (κ3) is 5.01. The normalized spacial score (nSPS) is 21.9. The van der Waals surface area contributed by atoms with Crippen LogP contribution >= 0.6 is 0 Å². The minimum Gasteiger partial charge on any atom is -0.496 e. The summed E-state index contributed by atoms with van der Waals surface area (Å²) < 4.78 is 12.1. The van der Waals surface area contributed by atoms with Crippen LogP contribution in [-0.2, 0) is 14.9 Å². The lowest BCUT2D eigenvalue weighted by atomic mass is 9.98. The molecule has 1 aromatic rings. The van der Waals surface area contributed by atoms with Gasteiger partial charge in [-0.2, -0.15) is 0 Å². The Bertz CT molecular complexity index is 688. The summed E-state index contributed by atoms with van der Waals surface area (Å²) in [6.07, 6.45) is 11.0. The minimum atomic E-state index is -0.224. The molecular weight excluding hydrogens is 338 g/mol. The van der Waals surface area contributed by atoms with Crippen LogP contribution in [-0.4, -0.2) is 43.5 Å². The standard InChI is InChI=1S/C23H31NO3/c1-4-24(3)18(2)16-26-20-6-5-7-21(13-12-20)27-22-10-8-19(9-11-22)23(17-25)14-15-23/h5,7-12,17-18,21H,4,6,13-16H2,1-3H3. The van der Waals surface area contributed by atoms with Crippen LogP contribution in [0.25, 0.3) is 0 Å². The summed E-state index contributed by atoms with van der Waals surface area (Å²) in [6, 6.07) is 8.39. The molecule has 4 heteroatoms. The number of rotatable bonds is 9. The fourth-order valence-electron chi connectivity index (χ4n) is 3.27. The molecule has 1 fully saturated rings. The highest BCUT2D eigenvalue weighted by atomic mass is 16.5. The Balaban J connectivity index is 1.52. The van der Waals surface area contributed by atoms with Crippen molar-refractivity contribution in [3.05, 3.63) is 53.8 Å². The Labute approximate surface area is 162 Å². The molecule has 3 rings (SSSR count). The van der Waals surface area contributed by atoms with E-state index in [4.69, 9.17) is 9.47 Å². The molecule has 0 aromatic heterocycles. The second-order valence-electron chi connectivity index (χ2n) is 7.73. The number of carbonyl (C=O) groups is 1. The lowest BCUT2D eigenvalue weighted by molar-refractivity contribution is -0.109. The highest BCUT2D eigenvalue weighted by molar-refractivity contribution is 5.73. The van der Waals surface area contributed by atoms with Gasteiger partial charge in [-0.05, 0) is 63.2 Å². The van der Waals surface area contributed by atoms with E-state index in [1.807, 2.05) is 24.3 Å². The maximum Gasteiger partial charge on any atom is 0.130 e. The van der Waals surface area contributed by atoms with Gasteiger partial charge < -0.3 is 19.2 Å². The Kier molecular flexibility index (Phi) is 6.38. The van der Waals surface area contributed by atoms with Gasteiger partial charge in [-0.25, -0.2) is 0 Å². The predicted molar refractivity (Wildman–Crippen MR) is 108 cm³/mol. The monoisotopic (exact) mass is 369 g/mol. The molecule has 146 valence electrons. The lowest BCUT2D eigenvalue weighted by Gasteiger charge is -2.23. The van der Waals surface area contributed by atoms with Gasteiger partial charge in [-0.1, -0.05) is 25.1 Å². The van der Waals surface area contributed by atoms with E-state index in [0.717, 1.165) is 55.6 Å². The summed E-state index contributed by atoms with van der Waals surface area (Å²) in [5.74, 6) is 1.86. The number of benzene rings is 1. The maximum absolute atomic E-state index is 11.2. The van der Waals surface area contributed by atoms with Crippen molar-refractivity contribution >= 4 is 6.29 Å². The molecule has 2 aliphatic rings. The molecule has 27 heavy (non-hydrogen) atoms. The van der Waals surface area contributed by atoms with Crippen LogP contribution in [0.4, 0.5) is 0 Å². The first-order valence-corrected chi connectivity index (χ1v) is 9.98. The Morgan fingerprint density at radius 1 is 1.30 bits per heavy atom. The largest absolute Gasteiger partial charge is 0.496 e. The third-order valence-electron chi connectivity index (χ3n) is 5.74. The van der Waals surface area contributed by atoms with Crippen molar-refractivity contribution in [1.82, 2.24) is 4.90 Å². The average Bonchev–Trinajstić information content (AvgIpc) is 3.51. The third-order valence-corrected chi connectivity index (χ3v) is 5.74. The molecule has 1 saturated carbocycles. The maximum atomic E-state index is 11.2. The van der Waals surface area contributed by atoms with Gasteiger partial charge in [-0.3, -0.25) is 0 Å². The second-order valence-corrected chi connectivity index (χ2v) is 7.73. The summed E-state index contributed by atoms with van der Waals surface area (Å²) >= 11 is 0. The Morgan fingerprint density at radius 2 is 2.04 bits per heavy atom. The van der Waals surface area contributed by atoms with Crippen LogP contribution in [0, 0.1) is 0 Å². The van der Waals surface area contributed by atoms with Gasteiger partial charge in [0.25, 0.3) is 0 Å². The fraction of sp³-hybridized carbons (Fsp3) is 0.522. The van der Waals surface area contributed by atoms with Crippen molar-refractivity contribution < 1.29 is 14.3 Å². The van der Waals surface area contributed by atoms with Crippen molar-refractivity contribution in [2.75, 3.05) is 20.2 Å². The first-order valence-electron chi connectivity index (χ1n) is 9.98. The molecule has 2 aliphatic carbocycles. The van der Waals surface area contributed by atoms with Crippen molar-refractivity contribution in [2.24, 2.45) is 0 Å². The van der Waals surface area contributed by atoms with E-state index >= 15 is 0 Å². The van der Waals surface area contributed by atoms with Gasteiger partial charge in [0.2, 0.25) is 0 Å². The number of allylic oxidation sites excluding steroid dienone is 1. The summed E-state index contributed by atoms with van der Waals surface area (Å²) in [5.41, 5.74) is 0.877. The van der Waals surface area contributed by atoms with E-state index in [1.165, 1.54) is 0 Å². The van der Waals surface area contributed by atoms with E-state index in [-0.39, 0.29) is 11.5 Å². The lowest BCUT2D eigenvalue weighted by Crippen LogP contribution is -2.32. The van der Waals surface area contributed by atoms with Gasteiger partial charge in [0.1, 0.15) is 24.7 Å². The van der Waals surface area contributed by atoms with Crippen LogP contribution in [0.15, 0.2) is 48.3 Å². The molecule has 2 atom stereocenters. The van der Waals surface area contributed by atoms with Crippen LogP contribution in [0.2, 0.25) is 0 Å². The molecular formula is C23H31NO3. The van der Waals surface area contributed by atoms with Crippen LogP contribution in [0.3, 0.4) is 0 Å². The molecule has 2 unspecified atom stereocenters. The first kappa shape index (κ1) is 19.7. The number of nitrogens with zero attached hydrogens (tertiary/aromatic N) is 1. The van der Waals surface area contributed by atoms with Gasteiger partial charge >= 0.3 is 0 Å². The SMILES string of the molecule is CCN(C)C(C)COC1=CCC(Oc2ccc(C3(C=O)CC3)cc2)C=CC1. The van der Waals surface area contributed by atoms with E-state index < -0.39 is 0 Å². The molecule has 0 N–H and O–H groups in total. The fourth-order valence-corrected chi connectivity index (χ4v) is 3.27. The number of carbonyl (C=O) groups excluding carboxylic acids is 1. The molecule has 0 amide bonds. The molecule has 0 spiro atoms. The van der Waals surface area contributed by atoms with Crippen LogP contribution in [0.1, 0.15) is 45.1 Å². The zero-order valence-corrected chi connectivity index (χ0v) is 16.7. The van der Waals surface area contributed by atoms with Crippen molar-refractivity contribution in [3.63, 3.8) is 0 Å². The van der Waals surface area contributed by atoms with E-state index in [1.54, 1.807) is 0 Å². The number of ether oxygens (including phenoxy) is 2. The average molecular weight is 370 g/mol. The molecule has 0 radical (unpaired) electrons. The summed E-state index contributed by atoms with van der Waals surface area (Å²) in [6.45, 7) is 6.06. The quantitative estimate of drug-likeness (QED) is 0.482. The van der Waals surface area contributed by atoms with Gasteiger partial charge in [0.15, 0.2) is 0 Å². The Morgan fingerprint density at radius 3 is 2.67 bits per heavy atom. The molecule has 4 nitrogen and oxygen atoms in total. The number of hydrogen-bond donors (Lipinski definition) is 0. The zero-order chi connectivity index (χ0) is 19.3. The van der Waals surface area contributed by atoms with Crippen molar-refractivity contribution in [2.45, 2.75) is 57.1 Å². The topological polar surface area (TPSA) is 38.8 Å². The van der Waals surface area contributed by atoms with E-state index in [9.17, 15) is 4.79 Å². The molecule has 0 aliphatic heterocycles. The Hall–Kier alpha value is -2.07. The van der Waals surface area contributed by atoms with Crippen molar-refractivity contribution in [3.8, 4) is 5.75 Å². The predicted octanol–water partition coefficient (Wildman–Crippen LogP) is 4.26. The number of hydrogen-bond acceptors (Lipinski definition) is 4. The summed E-state index contributed by atoms with van der Waals surface area (Å²) in [4.78, 5) is 13.5. The van der Waals surface area contributed by atoms with Gasteiger partial charge in [-0.15, -0.1) is 0 Å². The first-order chi connectivity index (χ1) is 13.1. The summed E-state index contributed by atoms with van der Waals surface area (Å²) in [5, 5.41) is 0. The van der Waals surface area contributed by atoms with Crippen LogP contribution in [0.5, 0.6) is 5.75 Å². The van der Waals surface area contributed by atoms with Gasteiger partial charge in [0, 0.05) is 18.9 Å². The summed E-state index contributed by atoms with van der Waals surface area (Å²) in [7, 11) is 2.12. The highest BCUT2D eigenvalue weighted by Crippen LogP contribution is 2.46. The molecule has 1 aromatic carbocycles. The van der Waals surface area contributed by atoms with E-state index in [0.29, 0.717) is 12.6 Å². The zero-order valence-electron chi connectivity index (χ0n) is 16.7. The van der Waals surface area contributed by atoms with Crippen molar-refractivity contribution in [1.29, 1.82) is 0 Å². The molecule has 0 bridgehead atoms. The molecule has 0 heterocycles. The van der Waals surface area contributed by atoms with E-state index in [2.05, 4.69) is 44.0 Å². The highest BCUT2D eigenvalue weighted by Gasteiger charge is 2.44. The van der Waals surface area contributed by atoms with Gasteiger partial charge in [0.05, 0.1) is 11.2 Å². The number of likely N-dealkylation sites (N-methyl/N-ethyl adjacent to an activating group) is 1.